The minimum absolute atomic E-state index is 0.123. The molecule has 0 fully saturated rings. The number of benzene rings is 1. The molecular formula is C15H19NO2. The highest BCUT2D eigenvalue weighted by atomic mass is 16.5. The first-order chi connectivity index (χ1) is 8.61. The van der Waals surface area contributed by atoms with Gasteiger partial charge < -0.3 is 9.84 Å². The van der Waals surface area contributed by atoms with Crippen LogP contribution < -0.4 is 0 Å². The standard InChI is InChI=1S/C15H19NO2/c1-15(2,10-17)11-18-9-13-8-7-12-5-3-4-6-14(12)16-13/h3-8,17H,9-11H2,1-2H3. The summed E-state index contributed by atoms with van der Waals surface area (Å²) in [5, 5.41) is 10.3. The second-order valence-electron chi connectivity index (χ2n) is 5.31. The smallest absolute Gasteiger partial charge is 0.0888 e. The molecule has 1 heterocycles. The van der Waals surface area contributed by atoms with Gasteiger partial charge in [0.05, 0.1) is 31.0 Å². The summed E-state index contributed by atoms with van der Waals surface area (Å²) < 4.78 is 5.60. The third kappa shape index (κ3) is 3.28. The maximum atomic E-state index is 9.14. The predicted octanol–water partition coefficient (Wildman–Crippen LogP) is 2.77. The quantitative estimate of drug-likeness (QED) is 0.880. The number of aliphatic hydroxyl groups is 1. The van der Waals surface area contributed by atoms with E-state index in [9.17, 15) is 0 Å². The summed E-state index contributed by atoms with van der Waals surface area (Å²) in [6.45, 7) is 5.08. The lowest BCUT2D eigenvalue weighted by Crippen LogP contribution is -2.23. The minimum Gasteiger partial charge on any atom is -0.396 e. The molecule has 0 saturated heterocycles. The number of hydrogen-bond donors (Lipinski definition) is 1. The molecule has 3 nitrogen and oxygen atoms in total. The lowest BCUT2D eigenvalue weighted by molar-refractivity contribution is 0.0187. The molecule has 0 aliphatic heterocycles. The van der Waals surface area contributed by atoms with Crippen LogP contribution in [0.1, 0.15) is 19.5 Å². The number of aliphatic hydroxyl groups excluding tert-OH is 1. The molecule has 18 heavy (non-hydrogen) atoms. The highest BCUT2D eigenvalue weighted by molar-refractivity contribution is 5.78. The molecule has 0 amide bonds. The Morgan fingerprint density at radius 3 is 2.72 bits per heavy atom. The predicted molar refractivity (Wildman–Crippen MR) is 72.3 cm³/mol. The van der Waals surface area contributed by atoms with Gasteiger partial charge in [0, 0.05) is 10.8 Å². The van der Waals surface area contributed by atoms with Gasteiger partial charge in [-0.3, -0.25) is 4.98 Å². The SMILES string of the molecule is CC(C)(CO)COCc1ccc2ccccc2n1. The fraction of sp³-hybridized carbons (Fsp3) is 0.400. The van der Waals surface area contributed by atoms with E-state index in [0.29, 0.717) is 13.2 Å². The van der Waals surface area contributed by atoms with Crippen LogP contribution >= 0.6 is 0 Å². The molecule has 0 saturated carbocycles. The fourth-order valence-corrected chi connectivity index (χ4v) is 1.67. The lowest BCUT2D eigenvalue weighted by Gasteiger charge is -2.21. The molecule has 1 aromatic heterocycles. The van der Waals surface area contributed by atoms with Crippen molar-refractivity contribution in [2.75, 3.05) is 13.2 Å². The van der Waals surface area contributed by atoms with Gasteiger partial charge in [-0.15, -0.1) is 0 Å². The Balaban J connectivity index is 2.00. The second kappa shape index (κ2) is 5.46. The Bertz CT molecular complexity index is 523. The summed E-state index contributed by atoms with van der Waals surface area (Å²) >= 11 is 0. The van der Waals surface area contributed by atoms with Gasteiger partial charge in [-0.2, -0.15) is 0 Å². The number of ether oxygens (including phenoxy) is 1. The average molecular weight is 245 g/mol. The number of rotatable bonds is 5. The Hall–Kier alpha value is -1.45. The molecule has 0 bridgehead atoms. The molecule has 96 valence electrons. The summed E-state index contributed by atoms with van der Waals surface area (Å²) in [6.07, 6.45) is 0. The van der Waals surface area contributed by atoms with E-state index in [1.165, 1.54) is 0 Å². The molecule has 0 radical (unpaired) electrons. The zero-order valence-corrected chi connectivity index (χ0v) is 10.9. The molecule has 1 aromatic carbocycles. The van der Waals surface area contributed by atoms with Crippen LogP contribution in [0.5, 0.6) is 0 Å². The molecule has 0 unspecified atom stereocenters. The molecule has 0 atom stereocenters. The maximum absolute atomic E-state index is 9.14. The average Bonchev–Trinajstić information content (AvgIpc) is 2.38. The van der Waals surface area contributed by atoms with Crippen molar-refractivity contribution >= 4 is 10.9 Å². The van der Waals surface area contributed by atoms with Crippen molar-refractivity contribution in [3.63, 3.8) is 0 Å². The van der Waals surface area contributed by atoms with Crippen molar-refractivity contribution in [2.45, 2.75) is 20.5 Å². The Morgan fingerprint density at radius 2 is 1.94 bits per heavy atom. The van der Waals surface area contributed by atoms with Gasteiger partial charge in [0.25, 0.3) is 0 Å². The van der Waals surface area contributed by atoms with E-state index in [2.05, 4.69) is 11.1 Å². The molecule has 3 heteroatoms. The molecule has 0 aliphatic carbocycles. The van der Waals surface area contributed by atoms with Gasteiger partial charge in [-0.25, -0.2) is 0 Å². The molecule has 0 spiro atoms. The molecule has 1 N–H and O–H groups in total. The number of hydrogen-bond acceptors (Lipinski definition) is 3. The highest BCUT2D eigenvalue weighted by Crippen LogP contribution is 2.16. The third-order valence-corrected chi connectivity index (χ3v) is 2.83. The normalized spacial score (nSPS) is 11.9. The van der Waals surface area contributed by atoms with E-state index in [1.54, 1.807) is 0 Å². The van der Waals surface area contributed by atoms with Crippen LogP contribution in [0.3, 0.4) is 0 Å². The topological polar surface area (TPSA) is 42.4 Å². The first-order valence-corrected chi connectivity index (χ1v) is 6.14. The van der Waals surface area contributed by atoms with Crippen LogP contribution in [0.4, 0.5) is 0 Å². The summed E-state index contributed by atoms with van der Waals surface area (Å²) in [7, 11) is 0. The molecular weight excluding hydrogens is 226 g/mol. The summed E-state index contributed by atoms with van der Waals surface area (Å²) in [5.41, 5.74) is 1.71. The molecule has 2 rings (SSSR count). The first kappa shape index (κ1) is 13.0. The van der Waals surface area contributed by atoms with Crippen LogP contribution in [0.2, 0.25) is 0 Å². The monoisotopic (exact) mass is 245 g/mol. The van der Waals surface area contributed by atoms with E-state index in [-0.39, 0.29) is 12.0 Å². The second-order valence-corrected chi connectivity index (χ2v) is 5.31. The summed E-state index contributed by atoms with van der Waals surface area (Å²) in [6, 6.07) is 12.1. The lowest BCUT2D eigenvalue weighted by atomic mass is 9.97. The van der Waals surface area contributed by atoms with E-state index in [0.717, 1.165) is 16.6 Å². The van der Waals surface area contributed by atoms with Gasteiger partial charge in [0.1, 0.15) is 0 Å². The number of aromatic nitrogens is 1. The number of para-hydroxylation sites is 1. The van der Waals surface area contributed by atoms with Crippen LogP contribution in [-0.4, -0.2) is 23.3 Å². The Labute approximate surface area is 107 Å². The van der Waals surface area contributed by atoms with Crippen LogP contribution in [-0.2, 0) is 11.3 Å². The first-order valence-electron chi connectivity index (χ1n) is 6.14. The Kier molecular flexibility index (Phi) is 3.94. The summed E-state index contributed by atoms with van der Waals surface area (Å²) in [4.78, 5) is 4.53. The van der Waals surface area contributed by atoms with Gasteiger partial charge >= 0.3 is 0 Å². The van der Waals surface area contributed by atoms with E-state index >= 15 is 0 Å². The highest BCUT2D eigenvalue weighted by Gasteiger charge is 2.16. The van der Waals surface area contributed by atoms with Crippen molar-refractivity contribution in [1.82, 2.24) is 4.98 Å². The number of fused-ring (bicyclic) bond motifs is 1. The number of pyridine rings is 1. The van der Waals surface area contributed by atoms with Gasteiger partial charge in [-0.1, -0.05) is 38.1 Å². The molecule has 2 aromatic rings. The van der Waals surface area contributed by atoms with E-state index in [4.69, 9.17) is 9.84 Å². The van der Waals surface area contributed by atoms with Gasteiger partial charge in [-0.05, 0) is 12.1 Å². The van der Waals surface area contributed by atoms with E-state index in [1.807, 2.05) is 44.2 Å². The largest absolute Gasteiger partial charge is 0.396 e. The van der Waals surface area contributed by atoms with Crippen molar-refractivity contribution in [3.05, 3.63) is 42.1 Å². The van der Waals surface area contributed by atoms with Gasteiger partial charge in [0.2, 0.25) is 0 Å². The van der Waals surface area contributed by atoms with Crippen molar-refractivity contribution < 1.29 is 9.84 Å². The zero-order valence-electron chi connectivity index (χ0n) is 10.9. The Morgan fingerprint density at radius 1 is 1.17 bits per heavy atom. The maximum Gasteiger partial charge on any atom is 0.0888 e. The van der Waals surface area contributed by atoms with Crippen molar-refractivity contribution in [1.29, 1.82) is 0 Å². The van der Waals surface area contributed by atoms with Crippen molar-refractivity contribution in [3.8, 4) is 0 Å². The van der Waals surface area contributed by atoms with Crippen LogP contribution in [0, 0.1) is 5.41 Å². The fourth-order valence-electron chi connectivity index (χ4n) is 1.67. The molecule has 0 aliphatic rings. The number of nitrogens with zero attached hydrogens (tertiary/aromatic N) is 1. The minimum atomic E-state index is -0.198. The summed E-state index contributed by atoms with van der Waals surface area (Å²) in [5.74, 6) is 0. The van der Waals surface area contributed by atoms with Crippen LogP contribution in [0.15, 0.2) is 36.4 Å². The van der Waals surface area contributed by atoms with Crippen molar-refractivity contribution in [2.24, 2.45) is 5.41 Å². The van der Waals surface area contributed by atoms with E-state index < -0.39 is 0 Å². The van der Waals surface area contributed by atoms with Crippen LogP contribution in [0.25, 0.3) is 10.9 Å². The third-order valence-electron chi connectivity index (χ3n) is 2.83. The zero-order chi connectivity index (χ0) is 13.0. The van der Waals surface area contributed by atoms with Gasteiger partial charge in [0.15, 0.2) is 0 Å².